The molecular formula is C27H40N6O8. The third-order valence-electron chi connectivity index (χ3n) is 6.86. The monoisotopic (exact) mass is 576 g/mol. The molecule has 1 aliphatic rings. The van der Waals surface area contributed by atoms with Crippen LogP contribution in [0, 0.1) is 5.92 Å². The molecule has 14 nitrogen and oxygen atoms in total. The Bertz CT molecular complexity index is 1070. The van der Waals surface area contributed by atoms with Crippen molar-refractivity contribution in [3.63, 3.8) is 0 Å². The lowest BCUT2D eigenvalue weighted by Gasteiger charge is -2.26. The Morgan fingerprint density at radius 3 is 2.17 bits per heavy atom. The molecule has 0 aromatic heterocycles. The van der Waals surface area contributed by atoms with Crippen molar-refractivity contribution in [3.8, 4) is 0 Å². The molecule has 5 amide bonds. The zero-order chi connectivity index (χ0) is 30.4. The summed E-state index contributed by atoms with van der Waals surface area (Å²) in [6, 6.07) is 4.17. The van der Waals surface area contributed by atoms with Crippen LogP contribution in [-0.4, -0.2) is 89.5 Å². The van der Waals surface area contributed by atoms with E-state index in [0.29, 0.717) is 19.4 Å². The van der Waals surface area contributed by atoms with Crippen molar-refractivity contribution < 1.29 is 39.0 Å². The SMILES string of the molecule is NC(=O)[C@H](Cc1ccccc1)NC(=O)[C@H](CO)NC(=O)C1CCC(=O)NCCCCC(N[C@@H](CO)C(N)=O)C(=O)C1. The average Bonchev–Trinajstić information content (AvgIpc) is 2.94. The van der Waals surface area contributed by atoms with Gasteiger partial charge in [0.2, 0.25) is 29.5 Å². The van der Waals surface area contributed by atoms with E-state index in [1.54, 1.807) is 30.3 Å². The summed E-state index contributed by atoms with van der Waals surface area (Å²) in [6.07, 6.45) is 0.998. The fraction of sp³-hybridized carbons (Fsp3) is 0.556. The summed E-state index contributed by atoms with van der Waals surface area (Å²) in [6.45, 7) is -1.08. The molecule has 1 aromatic carbocycles. The molecule has 5 atom stereocenters. The number of carbonyl (C=O) groups excluding carboxylic acids is 6. The number of Topliss-reactive ketones (excluding diaryl/α,β-unsaturated/α-hetero) is 1. The Balaban J connectivity index is 2.15. The van der Waals surface area contributed by atoms with Gasteiger partial charge in [0.1, 0.15) is 18.1 Å². The smallest absolute Gasteiger partial charge is 0.245 e. The van der Waals surface area contributed by atoms with E-state index in [1.165, 1.54) is 0 Å². The highest BCUT2D eigenvalue weighted by molar-refractivity contribution is 5.94. The zero-order valence-corrected chi connectivity index (χ0v) is 22.8. The molecule has 226 valence electrons. The minimum atomic E-state index is -1.46. The van der Waals surface area contributed by atoms with E-state index in [-0.39, 0.29) is 38.0 Å². The first-order chi connectivity index (χ1) is 19.5. The highest BCUT2D eigenvalue weighted by Crippen LogP contribution is 2.17. The molecular weight excluding hydrogens is 536 g/mol. The van der Waals surface area contributed by atoms with Gasteiger partial charge in [-0.05, 0) is 31.2 Å². The van der Waals surface area contributed by atoms with Crippen LogP contribution in [0.3, 0.4) is 0 Å². The van der Waals surface area contributed by atoms with Gasteiger partial charge >= 0.3 is 0 Å². The van der Waals surface area contributed by atoms with E-state index < -0.39 is 72.7 Å². The quantitative estimate of drug-likeness (QED) is 0.127. The van der Waals surface area contributed by atoms with Crippen LogP contribution in [0.1, 0.15) is 44.1 Å². The first-order valence-electron chi connectivity index (χ1n) is 13.6. The van der Waals surface area contributed by atoms with E-state index in [1.807, 2.05) is 0 Å². The van der Waals surface area contributed by atoms with E-state index in [0.717, 1.165) is 5.56 Å². The topological polar surface area (TPSA) is 243 Å². The van der Waals surface area contributed by atoms with Crippen molar-refractivity contribution in [2.45, 2.75) is 69.1 Å². The molecule has 1 heterocycles. The van der Waals surface area contributed by atoms with Gasteiger partial charge < -0.3 is 37.6 Å². The van der Waals surface area contributed by atoms with Gasteiger partial charge in [-0.15, -0.1) is 0 Å². The predicted octanol–water partition coefficient (Wildman–Crippen LogP) is -2.86. The van der Waals surface area contributed by atoms with Crippen molar-refractivity contribution in [1.82, 2.24) is 21.3 Å². The van der Waals surface area contributed by atoms with Crippen LogP contribution in [0.4, 0.5) is 0 Å². The van der Waals surface area contributed by atoms with Gasteiger partial charge in [-0.3, -0.25) is 34.1 Å². The van der Waals surface area contributed by atoms with E-state index in [4.69, 9.17) is 11.5 Å². The van der Waals surface area contributed by atoms with Crippen molar-refractivity contribution in [3.05, 3.63) is 35.9 Å². The highest BCUT2D eigenvalue weighted by Gasteiger charge is 2.32. The summed E-state index contributed by atoms with van der Waals surface area (Å²) in [5.41, 5.74) is 11.5. The molecule has 1 aromatic rings. The van der Waals surface area contributed by atoms with Crippen molar-refractivity contribution >= 4 is 35.3 Å². The Morgan fingerprint density at radius 2 is 1.56 bits per heavy atom. The molecule has 0 aliphatic carbocycles. The maximum atomic E-state index is 13.2. The van der Waals surface area contributed by atoms with Crippen LogP contribution in [0.5, 0.6) is 0 Å². The molecule has 1 fully saturated rings. The molecule has 0 spiro atoms. The molecule has 0 bridgehead atoms. The van der Waals surface area contributed by atoms with Crippen LogP contribution >= 0.6 is 0 Å². The number of rotatable bonds is 12. The molecule has 2 unspecified atom stereocenters. The zero-order valence-electron chi connectivity index (χ0n) is 22.8. The van der Waals surface area contributed by atoms with Gasteiger partial charge in [0.05, 0.1) is 19.3 Å². The largest absolute Gasteiger partial charge is 0.394 e. The van der Waals surface area contributed by atoms with Crippen molar-refractivity contribution in [2.75, 3.05) is 19.8 Å². The van der Waals surface area contributed by atoms with Crippen molar-refractivity contribution in [2.24, 2.45) is 17.4 Å². The third-order valence-corrected chi connectivity index (χ3v) is 6.86. The van der Waals surface area contributed by atoms with Gasteiger partial charge in [0.15, 0.2) is 5.78 Å². The summed E-state index contributed by atoms with van der Waals surface area (Å²) in [4.78, 5) is 75.2. The van der Waals surface area contributed by atoms with Gasteiger partial charge in [-0.25, -0.2) is 0 Å². The Morgan fingerprint density at radius 1 is 0.902 bits per heavy atom. The number of hydrogen-bond acceptors (Lipinski definition) is 9. The Kier molecular flexibility index (Phi) is 13.9. The van der Waals surface area contributed by atoms with Crippen LogP contribution < -0.4 is 32.7 Å². The molecule has 1 aliphatic heterocycles. The van der Waals surface area contributed by atoms with Gasteiger partial charge in [0.25, 0.3) is 0 Å². The summed E-state index contributed by atoms with van der Waals surface area (Å²) in [7, 11) is 0. The normalized spacial score (nSPS) is 20.7. The highest BCUT2D eigenvalue weighted by atomic mass is 16.3. The lowest BCUT2D eigenvalue weighted by molar-refractivity contribution is -0.135. The number of nitrogens with two attached hydrogens (primary N) is 2. The number of benzene rings is 1. The average molecular weight is 577 g/mol. The number of carbonyl (C=O) groups is 6. The van der Waals surface area contributed by atoms with E-state index in [9.17, 15) is 39.0 Å². The second kappa shape index (κ2) is 17.0. The van der Waals surface area contributed by atoms with E-state index in [2.05, 4.69) is 21.3 Å². The molecule has 41 heavy (non-hydrogen) atoms. The van der Waals surface area contributed by atoms with Gasteiger partial charge in [-0.1, -0.05) is 30.3 Å². The summed E-state index contributed by atoms with van der Waals surface area (Å²) in [5, 5.41) is 29.7. The fourth-order valence-electron chi connectivity index (χ4n) is 4.44. The molecule has 10 N–H and O–H groups in total. The Hall–Kier alpha value is -3.88. The van der Waals surface area contributed by atoms with Crippen LogP contribution in [-0.2, 0) is 35.2 Å². The van der Waals surface area contributed by atoms with Crippen LogP contribution in [0.2, 0.25) is 0 Å². The molecule has 1 saturated heterocycles. The van der Waals surface area contributed by atoms with Crippen LogP contribution in [0.25, 0.3) is 0 Å². The summed E-state index contributed by atoms with van der Waals surface area (Å²) in [5.74, 6) is -5.07. The minimum Gasteiger partial charge on any atom is -0.394 e. The maximum absolute atomic E-state index is 13.2. The maximum Gasteiger partial charge on any atom is 0.245 e. The molecule has 0 saturated carbocycles. The lowest BCUT2D eigenvalue weighted by Crippen LogP contribution is -2.56. The lowest BCUT2D eigenvalue weighted by atomic mass is 9.90. The number of ketones is 1. The third kappa shape index (κ3) is 11.3. The Labute approximate surface area is 238 Å². The van der Waals surface area contributed by atoms with Gasteiger partial charge in [0, 0.05) is 31.7 Å². The predicted molar refractivity (Wildman–Crippen MR) is 146 cm³/mol. The standard InChI is InChI=1S/C27H40N6O8/c28-24(38)19(12-16-6-2-1-3-7-16)32-27(41)21(15-35)33-26(40)17-9-10-23(37)30-11-5-4-8-18(22(36)13-17)31-20(14-34)25(29)39/h1-3,6-7,17-21,31,34-35H,4-5,8-15H2,(H2,28,38)(H2,29,39)(H,30,37)(H,32,41)(H,33,40)/t17?,18?,19-,20-,21-/m0/s1. The second-order valence-electron chi connectivity index (χ2n) is 10.0. The molecule has 2 rings (SSSR count). The van der Waals surface area contributed by atoms with Gasteiger partial charge in [-0.2, -0.15) is 0 Å². The van der Waals surface area contributed by atoms with Crippen molar-refractivity contribution in [1.29, 1.82) is 0 Å². The summed E-state index contributed by atoms with van der Waals surface area (Å²) < 4.78 is 0. The molecule has 14 heteroatoms. The number of aliphatic hydroxyl groups is 2. The van der Waals surface area contributed by atoms with E-state index >= 15 is 0 Å². The number of nitrogens with one attached hydrogen (secondary N) is 4. The first-order valence-corrected chi connectivity index (χ1v) is 13.6. The number of primary amides is 2. The van der Waals surface area contributed by atoms with Crippen LogP contribution in [0.15, 0.2) is 30.3 Å². The molecule has 0 radical (unpaired) electrons. The second-order valence-corrected chi connectivity index (χ2v) is 10.0. The minimum absolute atomic E-state index is 0.0347. The first kappa shape index (κ1) is 33.3. The summed E-state index contributed by atoms with van der Waals surface area (Å²) >= 11 is 0. The fourth-order valence-corrected chi connectivity index (χ4v) is 4.44. The number of amides is 5. The number of hydrogen-bond donors (Lipinski definition) is 8. The number of aliphatic hydroxyl groups excluding tert-OH is 2.